The highest BCUT2D eigenvalue weighted by Gasteiger charge is 2.45. The number of anilines is 3. The number of nitrogens with one attached hydrogen (secondary N) is 2. The van der Waals surface area contributed by atoms with Crippen LogP contribution >= 0.6 is 0 Å². The molecule has 198 valence electrons. The van der Waals surface area contributed by atoms with Gasteiger partial charge in [0.2, 0.25) is 5.95 Å². The maximum atomic E-state index is 13.6. The van der Waals surface area contributed by atoms with Crippen LogP contribution in [0.25, 0.3) is 0 Å². The molecule has 0 bridgehead atoms. The van der Waals surface area contributed by atoms with Crippen LogP contribution in [-0.4, -0.2) is 64.2 Å². The van der Waals surface area contributed by atoms with E-state index in [1.807, 2.05) is 19.9 Å². The number of aromatic nitrogens is 2. The lowest BCUT2D eigenvalue weighted by Crippen LogP contribution is -2.42. The van der Waals surface area contributed by atoms with Crippen LogP contribution in [0, 0.1) is 17.1 Å². The first-order chi connectivity index (χ1) is 17.7. The molecule has 1 amide bonds. The number of ether oxygens (including phenoxy) is 1. The molecule has 37 heavy (non-hydrogen) atoms. The molecule has 1 aromatic carbocycles. The number of carbonyl (C=O) groups excluding carboxylic acids is 1. The van der Waals surface area contributed by atoms with Crippen molar-refractivity contribution in [2.45, 2.75) is 68.6 Å². The Labute approximate surface area is 219 Å². The fourth-order valence-electron chi connectivity index (χ4n) is 5.59. The summed E-state index contributed by atoms with van der Waals surface area (Å²) >= 11 is 0. The summed E-state index contributed by atoms with van der Waals surface area (Å²) in [6.45, 7) is 7.70. The SMILES string of the molecule is Cc1cc(NC(=O)c2ccc([S@](=N)(=O)C3CC3)cc2N2CCC3(CC2)CC3)nc(N2CCO[C@H](C)C2)n1. The Bertz CT molecular complexity index is 1310. The topological polar surface area (TPSA) is 112 Å². The van der Waals surface area contributed by atoms with Crippen LogP contribution in [0.5, 0.6) is 0 Å². The van der Waals surface area contributed by atoms with Gasteiger partial charge in [-0.2, -0.15) is 4.98 Å². The zero-order chi connectivity index (χ0) is 25.8. The van der Waals surface area contributed by atoms with Crippen molar-refractivity contribution in [3.63, 3.8) is 0 Å². The second-order valence-corrected chi connectivity index (χ2v) is 13.6. The summed E-state index contributed by atoms with van der Waals surface area (Å²) in [6, 6.07) is 7.08. The lowest BCUT2D eigenvalue weighted by molar-refractivity contribution is 0.0526. The largest absolute Gasteiger partial charge is 0.375 e. The average molecular weight is 525 g/mol. The zero-order valence-electron chi connectivity index (χ0n) is 21.7. The zero-order valence-corrected chi connectivity index (χ0v) is 22.5. The summed E-state index contributed by atoms with van der Waals surface area (Å²) in [5, 5.41) is 2.93. The van der Waals surface area contributed by atoms with E-state index in [1.54, 1.807) is 18.2 Å². The predicted octanol–water partition coefficient (Wildman–Crippen LogP) is 4.21. The number of morpholine rings is 1. The van der Waals surface area contributed by atoms with Gasteiger partial charge in [0, 0.05) is 48.1 Å². The van der Waals surface area contributed by atoms with Crippen LogP contribution in [0.3, 0.4) is 0 Å². The maximum Gasteiger partial charge on any atom is 0.258 e. The van der Waals surface area contributed by atoms with E-state index in [0.29, 0.717) is 47.3 Å². The van der Waals surface area contributed by atoms with E-state index in [4.69, 9.17) is 9.52 Å². The van der Waals surface area contributed by atoms with Crippen molar-refractivity contribution >= 4 is 33.1 Å². The minimum Gasteiger partial charge on any atom is -0.375 e. The number of amides is 1. The molecule has 2 saturated heterocycles. The van der Waals surface area contributed by atoms with E-state index in [9.17, 15) is 9.00 Å². The number of piperidine rings is 1. The number of aryl methyl sites for hydroxylation is 1. The van der Waals surface area contributed by atoms with Crippen molar-refractivity contribution in [2.24, 2.45) is 5.41 Å². The third kappa shape index (κ3) is 5.05. The molecular weight excluding hydrogens is 488 g/mol. The van der Waals surface area contributed by atoms with E-state index in [-0.39, 0.29) is 17.3 Å². The van der Waals surface area contributed by atoms with Gasteiger partial charge in [-0.3, -0.25) is 4.79 Å². The molecule has 0 radical (unpaired) electrons. The molecule has 2 atom stereocenters. The molecule has 10 heteroatoms. The van der Waals surface area contributed by atoms with Crippen LogP contribution in [-0.2, 0) is 14.5 Å². The van der Waals surface area contributed by atoms with Crippen molar-refractivity contribution in [1.82, 2.24) is 9.97 Å². The molecule has 6 rings (SSSR count). The first-order valence-electron chi connectivity index (χ1n) is 13.4. The van der Waals surface area contributed by atoms with Gasteiger partial charge >= 0.3 is 0 Å². The van der Waals surface area contributed by atoms with Gasteiger partial charge in [-0.05, 0) is 76.0 Å². The highest BCUT2D eigenvalue weighted by atomic mass is 32.2. The molecule has 9 nitrogen and oxygen atoms in total. The molecule has 4 fully saturated rings. The average Bonchev–Trinajstić information content (AvgIpc) is 3.80. The lowest BCUT2D eigenvalue weighted by atomic mass is 9.93. The third-order valence-corrected chi connectivity index (χ3v) is 10.7. The van der Waals surface area contributed by atoms with Gasteiger partial charge in [0.05, 0.1) is 33.7 Å². The Kier molecular flexibility index (Phi) is 6.14. The van der Waals surface area contributed by atoms with E-state index < -0.39 is 9.73 Å². The van der Waals surface area contributed by atoms with E-state index in [0.717, 1.165) is 50.2 Å². The Morgan fingerprint density at radius 3 is 2.54 bits per heavy atom. The monoisotopic (exact) mass is 524 g/mol. The molecule has 2 aliphatic heterocycles. The molecule has 2 N–H and O–H groups in total. The Balaban J connectivity index is 1.29. The molecule has 1 spiro atoms. The number of nitrogens with zero attached hydrogens (tertiary/aromatic N) is 4. The minimum absolute atomic E-state index is 0.0681. The van der Waals surface area contributed by atoms with Crippen molar-refractivity contribution < 1.29 is 13.7 Å². The summed E-state index contributed by atoms with van der Waals surface area (Å²) in [7, 11) is -2.86. The number of carbonyl (C=O) groups is 1. The molecule has 2 saturated carbocycles. The lowest BCUT2D eigenvalue weighted by Gasteiger charge is -2.35. The summed E-state index contributed by atoms with van der Waals surface area (Å²) in [6.07, 6.45) is 6.60. The van der Waals surface area contributed by atoms with Crippen LogP contribution in [0.1, 0.15) is 61.5 Å². The normalized spacial score (nSPS) is 24.5. The van der Waals surface area contributed by atoms with Crippen molar-refractivity contribution in [2.75, 3.05) is 47.9 Å². The molecule has 3 heterocycles. The number of hydrogen-bond donors (Lipinski definition) is 2. The molecule has 2 aliphatic carbocycles. The summed E-state index contributed by atoms with van der Waals surface area (Å²) in [5.74, 6) is 0.792. The maximum absolute atomic E-state index is 13.6. The van der Waals surface area contributed by atoms with Gasteiger partial charge in [0.1, 0.15) is 5.82 Å². The van der Waals surface area contributed by atoms with Crippen molar-refractivity contribution in [3.05, 3.63) is 35.5 Å². The second kappa shape index (κ2) is 9.23. The highest BCUT2D eigenvalue weighted by molar-refractivity contribution is 7.93. The van der Waals surface area contributed by atoms with E-state index in [1.165, 1.54) is 12.8 Å². The summed E-state index contributed by atoms with van der Waals surface area (Å²) in [4.78, 5) is 27.7. The minimum atomic E-state index is -2.86. The molecule has 4 aliphatic rings. The van der Waals surface area contributed by atoms with Gasteiger partial charge < -0.3 is 19.9 Å². The molecule has 0 unspecified atom stereocenters. The summed E-state index contributed by atoms with van der Waals surface area (Å²) < 4.78 is 27.4. The van der Waals surface area contributed by atoms with Gasteiger partial charge in [-0.15, -0.1) is 0 Å². The number of hydrogen-bond acceptors (Lipinski definition) is 8. The van der Waals surface area contributed by atoms with Gasteiger partial charge in [0.15, 0.2) is 0 Å². The smallest absolute Gasteiger partial charge is 0.258 e. The highest BCUT2D eigenvalue weighted by Crippen LogP contribution is 2.54. The van der Waals surface area contributed by atoms with Gasteiger partial charge in [0.25, 0.3) is 5.91 Å². The Morgan fingerprint density at radius 1 is 1.11 bits per heavy atom. The van der Waals surface area contributed by atoms with Crippen LogP contribution in [0.2, 0.25) is 0 Å². The molecule has 1 aromatic heterocycles. The standard InChI is InChI=1S/C27H36N6O3S/c1-18-15-24(31-26(29-18)33-13-14-36-19(2)17-33)30-25(34)22-6-5-21(37(28,35)20-3-4-20)16-23(22)32-11-9-27(7-8-27)10-12-32/h5-6,15-16,19-20,28H,3-4,7-14,17H2,1-2H3,(H,29,30,31,34)/t19-,37-/m1/s1. The Morgan fingerprint density at radius 2 is 1.86 bits per heavy atom. The summed E-state index contributed by atoms with van der Waals surface area (Å²) in [5.41, 5.74) is 2.58. The van der Waals surface area contributed by atoms with Crippen molar-refractivity contribution in [1.29, 1.82) is 4.78 Å². The first kappa shape index (κ1) is 24.6. The van der Waals surface area contributed by atoms with Crippen LogP contribution in [0.4, 0.5) is 17.5 Å². The first-order valence-corrected chi connectivity index (χ1v) is 15.0. The van der Waals surface area contributed by atoms with Crippen molar-refractivity contribution in [3.8, 4) is 0 Å². The quantitative estimate of drug-likeness (QED) is 0.582. The number of benzene rings is 1. The number of rotatable bonds is 6. The molecule has 2 aromatic rings. The van der Waals surface area contributed by atoms with E-state index in [2.05, 4.69) is 25.1 Å². The third-order valence-electron chi connectivity index (χ3n) is 8.29. The second-order valence-electron chi connectivity index (χ2n) is 11.2. The predicted molar refractivity (Wildman–Crippen MR) is 144 cm³/mol. The fraction of sp³-hybridized carbons (Fsp3) is 0.593. The van der Waals surface area contributed by atoms with E-state index >= 15 is 0 Å². The fourth-order valence-corrected chi connectivity index (χ4v) is 7.33. The molecular formula is C27H36N6O3S. The Hall–Kier alpha value is -2.72. The van der Waals surface area contributed by atoms with Gasteiger partial charge in [-0.1, -0.05) is 0 Å². The van der Waals surface area contributed by atoms with Crippen LogP contribution in [0.15, 0.2) is 29.2 Å². The van der Waals surface area contributed by atoms with Crippen LogP contribution < -0.4 is 15.1 Å². The van der Waals surface area contributed by atoms with Gasteiger partial charge in [-0.25, -0.2) is 14.0 Å².